The van der Waals surface area contributed by atoms with Crippen LogP contribution in [-0.4, -0.2) is 24.7 Å². The molecular weight excluding hydrogens is 176 g/mol. The van der Waals surface area contributed by atoms with Crippen molar-refractivity contribution >= 4 is 0 Å². The van der Waals surface area contributed by atoms with Crippen LogP contribution in [0.1, 0.15) is 25.5 Å². The van der Waals surface area contributed by atoms with Crippen molar-refractivity contribution < 1.29 is 4.74 Å². The summed E-state index contributed by atoms with van der Waals surface area (Å²) in [5.74, 6) is 0. The number of aromatic nitrogens is 1. The maximum absolute atomic E-state index is 5.42. The van der Waals surface area contributed by atoms with Gasteiger partial charge in [0.25, 0.3) is 0 Å². The topological polar surface area (TPSA) is 34.1 Å². The lowest BCUT2D eigenvalue weighted by atomic mass is 10.1. The van der Waals surface area contributed by atoms with Crippen LogP contribution in [0.25, 0.3) is 0 Å². The van der Waals surface area contributed by atoms with Crippen molar-refractivity contribution in [2.24, 2.45) is 0 Å². The summed E-state index contributed by atoms with van der Waals surface area (Å²) in [5.41, 5.74) is 1.23. The summed E-state index contributed by atoms with van der Waals surface area (Å²) in [7, 11) is 0. The van der Waals surface area contributed by atoms with Gasteiger partial charge in [0.1, 0.15) is 0 Å². The number of likely N-dealkylation sites (N-methyl/N-ethyl adjacent to an activating group) is 1. The van der Waals surface area contributed by atoms with Gasteiger partial charge in [0.2, 0.25) is 0 Å². The van der Waals surface area contributed by atoms with E-state index < -0.39 is 0 Å². The molecule has 1 unspecified atom stereocenters. The average Bonchev–Trinajstić information content (AvgIpc) is 2.25. The monoisotopic (exact) mass is 194 g/mol. The summed E-state index contributed by atoms with van der Waals surface area (Å²) < 4.78 is 5.42. The first-order valence-electron chi connectivity index (χ1n) is 5.09. The minimum atomic E-state index is 0.281. The van der Waals surface area contributed by atoms with Gasteiger partial charge in [-0.15, -0.1) is 0 Å². The van der Waals surface area contributed by atoms with Gasteiger partial charge >= 0.3 is 0 Å². The smallest absolute Gasteiger partial charge is 0.0661 e. The van der Waals surface area contributed by atoms with E-state index in [9.17, 15) is 0 Å². The van der Waals surface area contributed by atoms with E-state index in [1.54, 1.807) is 0 Å². The van der Waals surface area contributed by atoms with Gasteiger partial charge in [0, 0.05) is 19.0 Å². The van der Waals surface area contributed by atoms with Gasteiger partial charge in [-0.2, -0.15) is 0 Å². The minimum absolute atomic E-state index is 0.281. The van der Waals surface area contributed by atoms with Gasteiger partial charge in [-0.1, -0.05) is 6.92 Å². The van der Waals surface area contributed by atoms with E-state index in [4.69, 9.17) is 4.74 Å². The molecule has 1 aromatic heterocycles. The molecule has 1 atom stereocenters. The van der Waals surface area contributed by atoms with E-state index in [0.717, 1.165) is 13.2 Å². The van der Waals surface area contributed by atoms with Gasteiger partial charge in [-0.05, 0) is 31.2 Å². The lowest BCUT2D eigenvalue weighted by molar-refractivity contribution is 0.123. The Bertz CT molecular complexity index is 238. The largest absolute Gasteiger partial charge is 0.380 e. The van der Waals surface area contributed by atoms with Gasteiger partial charge in [-0.3, -0.25) is 4.98 Å². The van der Waals surface area contributed by atoms with Crippen LogP contribution in [0.5, 0.6) is 0 Å². The highest BCUT2D eigenvalue weighted by Gasteiger charge is 2.08. The molecule has 14 heavy (non-hydrogen) atoms. The number of hydrogen-bond donors (Lipinski definition) is 1. The number of pyridine rings is 1. The molecule has 1 heterocycles. The van der Waals surface area contributed by atoms with Crippen molar-refractivity contribution in [2.75, 3.05) is 19.8 Å². The maximum Gasteiger partial charge on any atom is 0.0661 e. The highest BCUT2D eigenvalue weighted by atomic mass is 16.5. The van der Waals surface area contributed by atoms with E-state index in [1.807, 2.05) is 31.5 Å². The fourth-order valence-corrected chi connectivity index (χ4v) is 1.35. The van der Waals surface area contributed by atoms with Crippen LogP contribution in [0.15, 0.2) is 24.5 Å². The zero-order valence-electron chi connectivity index (χ0n) is 8.86. The number of hydrogen-bond acceptors (Lipinski definition) is 3. The molecule has 1 N–H and O–H groups in total. The Kier molecular flexibility index (Phi) is 5.19. The molecule has 0 saturated heterocycles. The molecule has 0 fully saturated rings. The van der Waals surface area contributed by atoms with Gasteiger partial charge < -0.3 is 10.1 Å². The highest BCUT2D eigenvalue weighted by Crippen LogP contribution is 2.11. The third-order valence-corrected chi connectivity index (χ3v) is 2.05. The molecule has 0 radical (unpaired) electrons. The molecule has 3 nitrogen and oxygen atoms in total. The molecule has 1 aromatic rings. The zero-order chi connectivity index (χ0) is 10.2. The summed E-state index contributed by atoms with van der Waals surface area (Å²) in [4.78, 5) is 4.00. The molecule has 0 amide bonds. The first-order valence-corrected chi connectivity index (χ1v) is 5.09. The van der Waals surface area contributed by atoms with Crippen molar-refractivity contribution in [3.05, 3.63) is 30.1 Å². The number of nitrogens with one attached hydrogen (secondary N) is 1. The Morgan fingerprint density at radius 2 is 2.07 bits per heavy atom. The lowest BCUT2D eigenvalue weighted by Gasteiger charge is -2.17. The fourth-order valence-electron chi connectivity index (χ4n) is 1.35. The molecule has 0 aromatic carbocycles. The van der Waals surface area contributed by atoms with Crippen LogP contribution in [-0.2, 0) is 4.74 Å². The molecule has 0 saturated carbocycles. The lowest BCUT2D eigenvalue weighted by Crippen LogP contribution is -2.25. The minimum Gasteiger partial charge on any atom is -0.380 e. The van der Waals surface area contributed by atoms with E-state index in [2.05, 4.69) is 17.2 Å². The summed E-state index contributed by atoms with van der Waals surface area (Å²) in [5, 5.41) is 3.38. The van der Waals surface area contributed by atoms with Crippen LogP contribution < -0.4 is 5.32 Å². The van der Waals surface area contributed by atoms with E-state index in [-0.39, 0.29) is 6.04 Å². The second kappa shape index (κ2) is 6.51. The molecule has 0 aliphatic heterocycles. The number of nitrogens with zero attached hydrogens (tertiary/aromatic N) is 1. The second-order valence-electron chi connectivity index (χ2n) is 3.05. The van der Waals surface area contributed by atoms with Crippen molar-refractivity contribution in [2.45, 2.75) is 19.9 Å². The predicted molar refractivity (Wildman–Crippen MR) is 57.1 cm³/mol. The van der Waals surface area contributed by atoms with Gasteiger partial charge in [0.05, 0.1) is 12.6 Å². The fraction of sp³-hybridized carbons (Fsp3) is 0.545. The quantitative estimate of drug-likeness (QED) is 0.749. The Balaban J connectivity index is 2.58. The van der Waals surface area contributed by atoms with Crippen molar-refractivity contribution in [3.8, 4) is 0 Å². The zero-order valence-corrected chi connectivity index (χ0v) is 8.86. The molecule has 0 aliphatic rings. The van der Waals surface area contributed by atoms with Crippen LogP contribution in [0.3, 0.4) is 0 Å². The third-order valence-electron chi connectivity index (χ3n) is 2.05. The van der Waals surface area contributed by atoms with Crippen LogP contribution in [0, 0.1) is 0 Å². The Hall–Kier alpha value is -0.930. The molecule has 0 spiro atoms. The second-order valence-corrected chi connectivity index (χ2v) is 3.05. The summed E-state index contributed by atoms with van der Waals surface area (Å²) >= 11 is 0. The highest BCUT2D eigenvalue weighted by molar-refractivity contribution is 5.14. The molecule has 0 aliphatic carbocycles. The number of ether oxygens (including phenoxy) is 1. The Morgan fingerprint density at radius 1 is 1.36 bits per heavy atom. The molecule has 78 valence electrons. The van der Waals surface area contributed by atoms with Crippen LogP contribution in [0.4, 0.5) is 0 Å². The van der Waals surface area contributed by atoms with E-state index in [0.29, 0.717) is 6.61 Å². The van der Waals surface area contributed by atoms with Crippen molar-refractivity contribution in [1.29, 1.82) is 0 Å². The third kappa shape index (κ3) is 3.44. The van der Waals surface area contributed by atoms with Crippen molar-refractivity contribution in [3.63, 3.8) is 0 Å². The maximum atomic E-state index is 5.42. The first kappa shape index (κ1) is 11.1. The Morgan fingerprint density at radius 3 is 2.64 bits per heavy atom. The Labute approximate surface area is 85.5 Å². The average molecular weight is 194 g/mol. The normalized spacial score (nSPS) is 12.7. The molecule has 1 rings (SSSR count). The van der Waals surface area contributed by atoms with E-state index in [1.165, 1.54) is 5.56 Å². The SMILES string of the molecule is CCNC(COCC)c1ccncc1. The van der Waals surface area contributed by atoms with Gasteiger partial charge in [0.15, 0.2) is 0 Å². The molecular formula is C11H18N2O. The summed E-state index contributed by atoms with van der Waals surface area (Å²) in [6, 6.07) is 4.32. The van der Waals surface area contributed by atoms with Gasteiger partial charge in [-0.25, -0.2) is 0 Å². The van der Waals surface area contributed by atoms with Crippen LogP contribution in [0.2, 0.25) is 0 Å². The predicted octanol–water partition coefficient (Wildman–Crippen LogP) is 1.77. The van der Waals surface area contributed by atoms with E-state index >= 15 is 0 Å². The van der Waals surface area contributed by atoms with Crippen molar-refractivity contribution in [1.82, 2.24) is 10.3 Å². The number of rotatable bonds is 6. The summed E-state index contributed by atoms with van der Waals surface area (Å²) in [6.07, 6.45) is 3.62. The first-order chi connectivity index (χ1) is 6.88. The molecule has 3 heteroatoms. The van der Waals surface area contributed by atoms with Crippen LogP contribution >= 0.6 is 0 Å². The summed E-state index contributed by atoms with van der Waals surface area (Å²) in [6.45, 7) is 6.52. The molecule has 0 bridgehead atoms. The standard InChI is InChI=1S/C11H18N2O/c1-3-13-11(9-14-4-2)10-5-7-12-8-6-10/h5-8,11,13H,3-4,9H2,1-2H3.